The highest BCUT2D eigenvalue weighted by Crippen LogP contribution is 2.41. The van der Waals surface area contributed by atoms with Crippen molar-refractivity contribution < 1.29 is 57.2 Å². The van der Waals surface area contributed by atoms with Gasteiger partial charge in [-0.2, -0.15) is 0 Å². The number of hydrogen-bond donors (Lipinski definition) is 0. The van der Waals surface area contributed by atoms with Crippen LogP contribution in [0, 0.1) is 35.5 Å². The minimum atomic E-state index is -0.473. The number of fused-ring (bicyclic) bond motifs is 1. The molecule has 13 nitrogen and oxygen atoms in total. The molecule has 0 spiro atoms. The predicted octanol–water partition coefficient (Wildman–Crippen LogP) is 14.4. The smallest absolute Gasteiger partial charge is 0.338 e. The average molecular weight is 1070 g/mol. The van der Waals surface area contributed by atoms with Crippen molar-refractivity contribution in [2.75, 3.05) is 0 Å². The molecule has 1 aromatic heterocycles. The maximum absolute atomic E-state index is 13.8. The molecule has 0 amide bonds. The Kier molecular flexibility index (Phi) is 19.2. The third-order valence-corrected chi connectivity index (χ3v) is 17.4. The summed E-state index contributed by atoms with van der Waals surface area (Å²) in [5.74, 6) is -0.398. The van der Waals surface area contributed by atoms with E-state index in [2.05, 4.69) is 13.8 Å². The second-order valence-electron chi connectivity index (χ2n) is 21.9. The quantitative estimate of drug-likeness (QED) is 0.0566. The van der Waals surface area contributed by atoms with Crippen molar-refractivity contribution in [3.05, 3.63) is 102 Å². The Morgan fingerprint density at radius 3 is 1.31 bits per heavy atom. The summed E-state index contributed by atoms with van der Waals surface area (Å²) in [6, 6.07) is 25.6. The lowest BCUT2D eigenvalue weighted by molar-refractivity contribution is -0.141. The Balaban J connectivity index is 0.731. The number of esters is 6. The van der Waals surface area contributed by atoms with Crippen LogP contribution in [-0.2, 0) is 28.7 Å². The van der Waals surface area contributed by atoms with Crippen LogP contribution in [0.1, 0.15) is 176 Å². The van der Waals surface area contributed by atoms with Gasteiger partial charge in [-0.15, -0.1) is 11.3 Å². The van der Waals surface area contributed by atoms with Crippen LogP contribution in [0.5, 0.6) is 23.0 Å². The maximum Gasteiger partial charge on any atom is 0.338 e. The minimum Gasteiger partial charge on any atom is -0.459 e. The van der Waals surface area contributed by atoms with E-state index in [0.29, 0.717) is 102 Å². The molecule has 9 rings (SSSR count). The van der Waals surface area contributed by atoms with Crippen molar-refractivity contribution in [2.24, 2.45) is 35.5 Å². The van der Waals surface area contributed by atoms with E-state index in [1.807, 2.05) is 24.3 Å². The van der Waals surface area contributed by atoms with Crippen LogP contribution in [-0.4, -0.2) is 53.0 Å². The normalized spacial score (nSPS) is 23.5. The molecule has 4 saturated carbocycles. The number of nitrogens with zero attached hydrogens (tertiary/aromatic N) is 1. The highest BCUT2D eigenvalue weighted by Gasteiger charge is 2.34. The van der Waals surface area contributed by atoms with Gasteiger partial charge >= 0.3 is 35.8 Å². The van der Waals surface area contributed by atoms with Gasteiger partial charge in [-0.25, -0.2) is 14.6 Å². The molecule has 4 aliphatic rings. The molecule has 408 valence electrons. The topological polar surface area (TPSA) is 171 Å². The molecule has 5 aromatic rings. The zero-order chi connectivity index (χ0) is 53.7. The number of para-hydroxylation sites is 1. The summed E-state index contributed by atoms with van der Waals surface area (Å²) in [4.78, 5) is 84.3. The van der Waals surface area contributed by atoms with Crippen molar-refractivity contribution in [1.82, 2.24) is 4.98 Å². The fourth-order valence-electron chi connectivity index (χ4n) is 11.6. The van der Waals surface area contributed by atoms with E-state index in [4.69, 9.17) is 33.4 Å². The van der Waals surface area contributed by atoms with Gasteiger partial charge in [0.2, 0.25) is 0 Å². The van der Waals surface area contributed by atoms with Gasteiger partial charge in [0.15, 0.2) is 0 Å². The Morgan fingerprint density at radius 1 is 0.468 bits per heavy atom. The van der Waals surface area contributed by atoms with E-state index in [1.54, 1.807) is 66.7 Å². The van der Waals surface area contributed by atoms with Crippen LogP contribution < -0.4 is 18.9 Å². The first kappa shape index (κ1) is 55.3. The molecule has 0 atom stereocenters. The molecular weight excluding hydrogens is 995 g/mol. The third-order valence-electron chi connectivity index (χ3n) is 16.4. The fraction of sp³-hybridized carbons (Fsp3) is 0.508. The lowest BCUT2D eigenvalue weighted by atomic mass is 9.80. The summed E-state index contributed by atoms with van der Waals surface area (Å²) < 4.78 is 36.1. The fourth-order valence-corrected chi connectivity index (χ4v) is 12.5. The number of unbranched alkanes of at least 4 members (excludes halogenated alkanes) is 2. The van der Waals surface area contributed by atoms with Crippen molar-refractivity contribution in [3.8, 4) is 33.6 Å². The van der Waals surface area contributed by atoms with Crippen molar-refractivity contribution in [1.29, 1.82) is 0 Å². The summed E-state index contributed by atoms with van der Waals surface area (Å²) in [6.07, 6.45) is 18.1. The summed E-state index contributed by atoms with van der Waals surface area (Å²) in [5.41, 5.74) is 2.01. The molecule has 4 aliphatic carbocycles. The Bertz CT molecular complexity index is 2780. The monoisotopic (exact) mass is 1070 g/mol. The van der Waals surface area contributed by atoms with Gasteiger partial charge in [0, 0.05) is 0 Å². The van der Waals surface area contributed by atoms with Gasteiger partial charge in [0.05, 0.1) is 50.6 Å². The molecular formula is C63H73NO12S. The maximum atomic E-state index is 13.8. The number of hydrogen-bond acceptors (Lipinski definition) is 14. The number of thiazole rings is 1. The largest absolute Gasteiger partial charge is 0.459 e. The molecule has 4 aromatic carbocycles. The zero-order valence-corrected chi connectivity index (χ0v) is 45.4. The van der Waals surface area contributed by atoms with E-state index in [-0.39, 0.29) is 41.7 Å². The molecule has 1 heterocycles. The first-order valence-electron chi connectivity index (χ1n) is 28.5. The van der Waals surface area contributed by atoms with E-state index in [0.717, 1.165) is 61.6 Å². The molecule has 14 heteroatoms. The summed E-state index contributed by atoms with van der Waals surface area (Å²) >= 11 is 1.44. The van der Waals surface area contributed by atoms with Crippen LogP contribution in [0.15, 0.2) is 91.0 Å². The molecule has 0 unspecified atom stereocenters. The van der Waals surface area contributed by atoms with Crippen LogP contribution in [0.4, 0.5) is 0 Å². The van der Waals surface area contributed by atoms with Crippen LogP contribution in [0.3, 0.4) is 0 Å². The Hall–Kier alpha value is -6.41. The van der Waals surface area contributed by atoms with E-state index in [9.17, 15) is 28.8 Å². The van der Waals surface area contributed by atoms with Crippen molar-refractivity contribution >= 4 is 57.4 Å². The lowest BCUT2D eigenvalue weighted by Gasteiger charge is -2.27. The Morgan fingerprint density at radius 2 is 0.870 bits per heavy atom. The number of ether oxygens (including phenoxy) is 6. The molecule has 0 saturated heterocycles. The number of aromatic nitrogens is 1. The highest BCUT2D eigenvalue weighted by molar-refractivity contribution is 7.21. The summed E-state index contributed by atoms with van der Waals surface area (Å²) in [7, 11) is 0. The number of carbonyl (C=O) groups excluding carboxylic acids is 6. The van der Waals surface area contributed by atoms with E-state index >= 15 is 0 Å². The molecule has 0 aliphatic heterocycles. The van der Waals surface area contributed by atoms with E-state index in [1.165, 1.54) is 49.9 Å². The van der Waals surface area contributed by atoms with E-state index < -0.39 is 35.7 Å². The summed E-state index contributed by atoms with van der Waals surface area (Å²) in [5, 5.41) is 0.599. The van der Waals surface area contributed by atoms with Gasteiger partial charge in [-0.1, -0.05) is 64.5 Å². The molecule has 0 bridgehead atoms. The number of carbonyl (C=O) groups is 6. The number of rotatable bonds is 19. The average Bonchev–Trinajstić information content (AvgIpc) is 3.90. The van der Waals surface area contributed by atoms with Crippen molar-refractivity contribution in [3.63, 3.8) is 0 Å². The van der Waals surface area contributed by atoms with Gasteiger partial charge in [-0.05, 0) is 193 Å². The molecule has 77 heavy (non-hydrogen) atoms. The first-order valence-corrected chi connectivity index (χ1v) is 29.3. The van der Waals surface area contributed by atoms with Crippen LogP contribution >= 0.6 is 11.3 Å². The predicted molar refractivity (Wildman–Crippen MR) is 293 cm³/mol. The van der Waals surface area contributed by atoms with Gasteiger partial charge in [0.1, 0.15) is 40.2 Å². The van der Waals surface area contributed by atoms with Gasteiger partial charge in [0.25, 0.3) is 0 Å². The zero-order valence-electron chi connectivity index (χ0n) is 44.6. The van der Waals surface area contributed by atoms with Gasteiger partial charge < -0.3 is 28.4 Å². The SMILES string of the molecule is CCCCC1CCC(C(=O)Oc2ccc(C(=O)OC3CCC(C(=O)Oc4ccc(OC(=O)C5CCC(OC(=O)c6ccc(OC(=O)C7CCC(CCCC)CC7)cc6)CC5)c(-c5nc6ccccc6s5)c4)CC3)cc2)CC1. The Labute approximate surface area is 456 Å². The molecule has 4 fully saturated rings. The first-order chi connectivity index (χ1) is 37.5. The minimum absolute atomic E-state index is 0.0928. The second kappa shape index (κ2) is 26.8. The lowest BCUT2D eigenvalue weighted by Crippen LogP contribution is -2.30. The third kappa shape index (κ3) is 15.0. The summed E-state index contributed by atoms with van der Waals surface area (Å²) in [6.45, 7) is 4.41. The second-order valence-corrected chi connectivity index (χ2v) is 22.9. The van der Waals surface area contributed by atoms with Crippen LogP contribution in [0.2, 0.25) is 0 Å². The van der Waals surface area contributed by atoms with Gasteiger partial charge in [-0.3, -0.25) is 19.2 Å². The molecule has 0 N–H and O–H groups in total. The van der Waals surface area contributed by atoms with Crippen LogP contribution in [0.25, 0.3) is 20.8 Å². The highest BCUT2D eigenvalue weighted by atomic mass is 32.1. The number of benzene rings is 4. The standard InChI is InChI=1S/C63H73NO12S/c1-3-5-9-40-13-17-42(18-14-40)58(65)71-48-29-21-44(22-30-48)60(67)73-50-33-25-46(26-34-50)62(69)75-52-37-38-55(53(39-52)57-64-54-11-7-8-12-56(54)77-57)76-63(70)47-27-35-51(36-28-47)74-61(68)45-23-31-49(32-24-45)72-59(66)43-19-15-41(16-20-43)10-6-4-2/h7-8,11-12,21-24,29-32,37-43,46-47,50-51H,3-6,9-10,13-20,25-28,33-36H2,1-2H3. The van der Waals surface area contributed by atoms with Crippen molar-refractivity contribution in [2.45, 2.75) is 167 Å². The molecule has 0 radical (unpaired) electrons.